The Bertz CT molecular complexity index is 1700. The molecule has 0 aromatic heterocycles. The summed E-state index contributed by atoms with van der Waals surface area (Å²) >= 11 is 0. The summed E-state index contributed by atoms with van der Waals surface area (Å²) in [4.78, 5) is 10.6. The van der Waals surface area contributed by atoms with Crippen molar-refractivity contribution in [3.63, 3.8) is 0 Å². The van der Waals surface area contributed by atoms with E-state index in [9.17, 15) is 30.7 Å². The molecular weight excluding hydrogens is 566 g/mol. The van der Waals surface area contributed by atoms with Crippen LogP contribution in [-0.2, 0) is 35.9 Å². The number of allylic oxidation sites excluding steroid dienone is 6. The van der Waals surface area contributed by atoms with Gasteiger partial charge >= 0.3 is 0 Å². The molecule has 220 valence electrons. The molecule has 0 spiro atoms. The average molecular weight is 603 g/mol. The Labute approximate surface area is 241 Å². The summed E-state index contributed by atoms with van der Waals surface area (Å²) in [5.41, 5.74) is 3.39. The number of carbonyl (C=O) groups is 1. The van der Waals surface area contributed by atoms with Crippen LogP contribution in [-0.4, -0.2) is 49.3 Å². The minimum atomic E-state index is -4.38. The molecule has 0 unspecified atom stereocenters. The molecule has 10 nitrogen and oxygen atoms in total. The van der Waals surface area contributed by atoms with Gasteiger partial charge < -0.3 is 10.6 Å². The summed E-state index contributed by atoms with van der Waals surface area (Å²) in [7, 11) is -8.70. The first-order valence-corrected chi connectivity index (χ1v) is 15.8. The Morgan fingerprint density at radius 3 is 2.02 bits per heavy atom. The molecule has 0 fully saturated rings. The van der Waals surface area contributed by atoms with Gasteiger partial charge in [-0.3, -0.25) is 13.9 Å². The number of anilines is 1. The highest BCUT2D eigenvalue weighted by Gasteiger charge is 2.45. The summed E-state index contributed by atoms with van der Waals surface area (Å²) in [6.45, 7) is 11.9. The molecule has 4 N–H and O–H groups in total. The summed E-state index contributed by atoms with van der Waals surface area (Å²) in [6, 6.07) is 8.81. The second kappa shape index (κ2) is 11.7. The molecule has 0 aliphatic carbocycles. The monoisotopic (exact) mass is 602 g/mol. The van der Waals surface area contributed by atoms with Gasteiger partial charge in [0.15, 0.2) is 5.71 Å². The maximum Gasteiger partial charge on any atom is 0.294 e. The molecule has 0 bridgehead atoms. The van der Waals surface area contributed by atoms with Crippen molar-refractivity contribution in [1.29, 1.82) is 0 Å². The molecule has 0 atom stereocenters. The van der Waals surface area contributed by atoms with Crippen LogP contribution in [0.25, 0.3) is 0 Å². The van der Waals surface area contributed by atoms with Crippen molar-refractivity contribution in [2.45, 2.75) is 62.2 Å². The Morgan fingerprint density at radius 2 is 1.44 bits per heavy atom. The van der Waals surface area contributed by atoms with Crippen molar-refractivity contribution in [2.75, 3.05) is 12.0 Å². The van der Waals surface area contributed by atoms with Crippen LogP contribution in [0.15, 0.2) is 82.3 Å². The van der Waals surface area contributed by atoms with E-state index in [0.29, 0.717) is 17.7 Å². The van der Waals surface area contributed by atoms with Gasteiger partial charge in [0.2, 0.25) is 18.8 Å². The van der Waals surface area contributed by atoms with Crippen LogP contribution < -0.4 is 10.6 Å². The lowest BCUT2D eigenvalue weighted by atomic mass is 9.81. The van der Waals surface area contributed by atoms with Crippen LogP contribution in [0.1, 0.15) is 52.7 Å². The lowest BCUT2D eigenvalue weighted by Gasteiger charge is -2.20. The molecule has 12 heteroatoms. The van der Waals surface area contributed by atoms with Crippen LogP contribution >= 0.6 is 0 Å². The third kappa shape index (κ3) is 6.35. The van der Waals surface area contributed by atoms with Crippen LogP contribution in [0.4, 0.5) is 11.4 Å². The standard InChI is InChI=1S/C27H29N3O7S2.C2H6/c1-26(2)20-14-18(38(32,33)34)10-12-22(20)29-24(26)8-6-5-7-9-25-27(3,4)21-15-19(39(35,36)37)11-13-23(21)30(25)16-28-17-31;1-2/h5-15,17H,16H2,1-4H3,(H3,28,31,32,33,34,35,36,37);1-2H3/p+1. The summed E-state index contributed by atoms with van der Waals surface area (Å²) in [5, 5.41) is 5.94. The zero-order valence-corrected chi connectivity index (χ0v) is 25.5. The van der Waals surface area contributed by atoms with Gasteiger partial charge in [-0.15, -0.1) is 0 Å². The molecule has 1 amide bonds. The van der Waals surface area contributed by atoms with Crippen molar-refractivity contribution in [3.8, 4) is 0 Å². The molecule has 2 aromatic carbocycles. The van der Waals surface area contributed by atoms with Crippen molar-refractivity contribution in [3.05, 3.63) is 83.6 Å². The van der Waals surface area contributed by atoms with E-state index in [2.05, 4.69) is 10.6 Å². The van der Waals surface area contributed by atoms with Crippen LogP contribution in [0.2, 0.25) is 0 Å². The minimum absolute atomic E-state index is 0.162. The predicted octanol–water partition coefficient (Wildman–Crippen LogP) is 4.69. The largest absolute Gasteiger partial charge is 0.358 e. The van der Waals surface area contributed by atoms with Crippen LogP contribution in [0, 0.1) is 0 Å². The maximum absolute atomic E-state index is 11.7. The smallest absolute Gasteiger partial charge is 0.294 e. The van der Waals surface area contributed by atoms with Crippen molar-refractivity contribution >= 4 is 43.7 Å². The first-order chi connectivity index (χ1) is 19.1. The number of rotatable bonds is 8. The van der Waals surface area contributed by atoms with E-state index in [0.717, 1.165) is 22.7 Å². The number of nitrogens with one attached hydrogen (secondary N) is 2. The molecule has 2 aromatic rings. The van der Waals surface area contributed by atoms with E-state index in [1.165, 1.54) is 24.3 Å². The van der Waals surface area contributed by atoms with Crippen molar-refractivity contribution in [2.24, 2.45) is 0 Å². The summed E-state index contributed by atoms with van der Waals surface area (Å²) < 4.78 is 67.4. The van der Waals surface area contributed by atoms with E-state index in [4.69, 9.17) is 0 Å². The van der Waals surface area contributed by atoms with Gasteiger partial charge in [-0.25, -0.2) is 0 Å². The van der Waals surface area contributed by atoms with Gasteiger partial charge in [0.05, 0.1) is 15.2 Å². The van der Waals surface area contributed by atoms with Gasteiger partial charge in [-0.1, -0.05) is 45.9 Å². The second-order valence-electron chi connectivity index (χ2n) is 10.3. The van der Waals surface area contributed by atoms with Gasteiger partial charge in [0.1, 0.15) is 0 Å². The number of nitrogens with zero attached hydrogens (tertiary/aromatic N) is 1. The Hall–Kier alpha value is -3.58. The molecule has 0 radical (unpaired) electrons. The van der Waals surface area contributed by atoms with Gasteiger partial charge in [0, 0.05) is 34.5 Å². The van der Waals surface area contributed by atoms with Crippen molar-refractivity contribution < 1.29 is 35.3 Å². The quantitative estimate of drug-likeness (QED) is 0.147. The molecule has 0 saturated carbocycles. The third-order valence-corrected chi connectivity index (χ3v) is 8.84. The van der Waals surface area contributed by atoms with E-state index in [1.54, 1.807) is 12.1 Å². The topological polar surface area (TPSA) is 153 Å². The van der Waals surface area contributed by atoms with E-state index in [-0.39, 0.29) is 16.5 Å². The Morgan fingerprint density at radius 1 is 0.854 bits per heavy atom. The van der Waals surface area contributed by atoms with Crippen molar-refractivity contribution in [1.82, 2.24) is 5.32 Å². The lowest BCUT2D eigenvalue weighted by molar-refractivity contribution is -0.441. The molecule has 2 heterocycles. The fourth-order valence-corrected chi connectivity index (χ4v) is 6.00. The van der Waals surface area contributed by atoms with Crippen LogP contribution in [0.5, 0.6) is 0 Å². The Kier molecular flexibility index (Phi) is 9.14. The second-order valence-corrected chi connectivity index (χ2v) is 13.2. The fraction of sp³-hybridized carbons (Fsp3) is 0.310. The van der Waals surface area contributed by atoms with E-state index in [1.807, 2.05) is 76.5 Å². The fourth-order valence-electron chi connectivity index (χ4n) is 4.98. The highest BCUT2D eigenvalue weighted by molar-refractivity contribution is 7.86. The summed E-state index contributed by atoms with van der Waals surface area (Å²) in [6.07, 6.45) is 9.80. The predicted molar refractivity (Wildman–Crippen MR) is 159 cm³/mol. The number of fused-ring (bicyclic) bond motifs is 2. The van der Waals surface area contributed by atoms with E-state index >= 15 is 0 Å². The first-order valence-electron chi connectivity index (χ1n) is 13.0. The number of hydrogen-bond acceptors (Lipinski definition) is 6. The SMILES string of the molecule is CC.CC1(C)C(/C=C/C=C/C=C2\Nc3ccc(S(=O)(=O)O)cc3C2(C)C)=[N+](CNC=O)c2ccc(S(=O)(=O)O)cc21. The third-order valence-electron chi connectivity index (χ3n) is 7.14. The van der Waals surface area contributed by atoms with Gasteiger partial charge in [-0.05, 0) is 55.8 Å². The minimum Gasteiger partial charge on any atom is -0.358 e. The van der Waals surface area contributed by atoms with Gasteiger partial charge in [0.25, 0.3) is 20.2 Å². The number of carbonyl (C=O) groups excluding carboxylic acids is 1. The zero-order chi connectivity index (χ0) is 30.8. The normalized spacial score (nSPS) is 18.2. The van der Waals surface area contributed by atoms with Crippen LogP contribution in [0.3, 0.4) is 0 Å². The highest BCUT2D eigenvalue weighted by atomic mass is 32.2. The molecular formula is C29H36N3O7S2+. The molecule has 4 rings (SSSR count). The number of amides is 1. The zero-order valence-electron chi connectivity index (χ0n) is 23.8. The molecule has 2 aliphatic heterocycles. The molecule has 41 heavy (non-hydrogen) atoms. The summed E-state index contributed by atoms with van der Waals surface area (Å²) in [5.74, 6) is 0. The highest BCUT2D eigenvalue weighted by Crippen LogP contribution is 2.44. The molecule has 2 aliphatic rings. The average Bonchev–Trinajstić information content (AvgIpc) is 3.28. The number of benzene rings is 2. The molecule has 0 saturated heterocycles. The first kappa shape index (κ1) is 31.9. The lowest BCUT2D eigenvalue weighted by Crippen LogP contribution is -2.31. The van der Waals surface area contributed by atoms with E-state index < -0.39 is 31.1 Å². The Balaban J connectivity index is 0.00000226. The number of hydrogen-bond donors (Lipinski definition) is 4. The maximum atomic E-state index is 11.7. The van der Waals surface area contributed by atoms with Gasteiger partial charge in [-0.2, -0.15) is 21.4 Å².